The second-order valence-corrected chi connectivity index (χ2v) is 4.16. The fraction of sp³-hybridized carbons (Fsp3) is 0.538. The van der Waals surface area contributed by atoms with Crippen LogP contribution in [0.1, 0.15) is 19.3 Å². The molecule has 1 aromatic rings. The Labute approximate surface area is 112 Å². The van der Waals surface area contributed by atoms with E-state index in [9.17, 15) is 10.1 Å². The highest BCUT2D eigenvalue weighted by Crippen LogP contribution is 2.25. The highest BCUT2D eigenvalue weighted by atomic mass is 16.6. The Morgan fingerprint density at radius 3 is 2.63 bits per heavy atom. The van der Waals surface area contributed by atoms with Crippen LogP contribution >= 0.6 is 0 Å². The predicted octanol–water partition coefficient (Wildman–Crippen LogP) is 2.83. The van der Waals surface area contributed by atoms with E-state index in [0.29, 0.717) is 11.4 Å². The second kappa shape index (κ2) is 8.31. The van der Waals surface area contributed by atoms with Gasteiger partial charge in [0.1, 0.15) is 5.75 Å². The molecule has 6 heteroatoms. The standard InChI is InChI=1S/C13H20N2O4/c1-18-7-5-3-4-6-14-11-8-12(15(16)17)10-13(9-11)19-2/h8-10,14H,3-7H2,1-2H3. The molecule has 0 bridgehead atoms. The van der Waals surface area contributed by atoms with Crippen molar-refractivity contribution in [3.8, 4) is 5.75 Å². The van der Waals surface area contributed by atoms with Gasteiger partial charge < -0.3 is 14.8 Å². The van der Waals surface area contributed by atoms with Gasteiger partial charge in [-0.15, -0.1) is 0 Å². The lowest BCUT2D eigenvalue weighted by molar-refractivity contribution is -0.384. The first-order valence-electron chi connectivity index (χ1n) is 6.23. The van der Waals surface area contributed by atoms with Crippen molar-refractivity contribution >= 4 is 11.4 Å². The quantitative estimate of drug-likeness (QED) is 0.423. The van der Waals surface area contributed by atoms with Crippen molar-refractivity contribution in [3.63, 3.8) is 0 Å². The summed E-state index contributed by atoms with van der Waals surface area (Å²) in [7, 11) is 3.18. The van der Waals surface area contributed by atoms with Crippen LogP contribution in [0.2, 0.25) is 0 Å². The third kappa shape index (κ3) is 5.56. The molecule has 0 radical (unpaired) electrons. The van der Waals surface area contributed by atoms with Gasteiger partial charge in [0.15, 0.2) is 0 Å². The lowest BCUT2D eigenvalue weighted by Gasteiger charge is -2.08. The number of methoxy groups -OCH3 is 2. The van der Waals surface area contributed by atoms with Crippen molar-refractivity contribution in [3.05, 3.63) is 28.3 Å². The average molecular weight is 268 g/mol. The molecule has 1 aromatic carbocycles. The van der Waals surface area contributed by atoms with Gasteiger partial charge in [0.05, 0.1) is 18.1 Å². The molecule has 106 valence electrons. The van der Waals surface area contributed by atoms with E-state index < -0.39 is 4.92 Å². The van der Waals surface area contributed by atoms with Gasteiger partial charge in [-0.05, 0) is 19.3 Å². The molecule has 0 saturated carbocycles. The molecule has 0 spiro atoms. The Morgan fingerprint density at radius 2 is 2.00 bits per heavy atom. The van der Waals surface area contributed by atoms with Crippen molar-refractivity contribution in [1.29, 1.82) is 0 Å². The van der Waals surface area contributed by atoms with Gasteiger partial charge in [-0.2, -0.15) is 0 Å². The van der Waals surface area contributed by atoms with Gasteiger partial charge in [-0.1, -0.05) is 0 Å². The van der Waals surface area contributed by atoms with Gasteiger partial charge in [-0.3, -0.25) is 10.1 Å². The lowest BCUT2D eigenvalue weighted by Crippen LogP contribution is -2.03. The number of benzene rings is 1. The fourth-order valence-electron chi connectivity index (χ4n) is 1.69. The van der Waals surface area contributed by atoms with Crippen molar-refractivity contribution in [1.82, 2.24) is 0 Å². The summed E-state index contributed by atoms with van der Waals surface area (Å²) in [6.07, 6.45) is 3.08. The van der Waals surface area contributed by atoms with Crippen LogP contribution in [-0.2, 0) is 4.74 Å². The smallest absolute Gasteiger partial charge is 0.275 e. The Bertz CT molecular complexity index is 410. The highest BCUT2D eigenvalue weighted by molar-refractivity contribution is 5.56. The third-order valence-electron chi connectivity index (χ3n) is 2.69. The molecule has 0 atom stereocenters. The topological polar surface area (TPSA) is 73.6 Å². The normalized spacial score (nSPS) is 10.2. The van der Waals surface area contributed by atoms with Crippen LogP contribution in [0.25, 0.3) is 0 Å². The molecule has 0 aromatic heterocycles. The van der Waals surface area contributed by atoms with E-state index in [1.54, 1.807) is 13.2 Å². The van der Waals surface area contributed by atoms with E-state index in [2.05, 4.69) is 5.32 Å². The molecule has 0 aliphatic carbocycles. The number of anilines is 1. The Morgan fingerprint density at radius 1 is 1.21 bits per heavy atom. The number of nitrogens with one attached hydrogen (secondary N) is 1. The van der Waals surface area contributed by atoms with Crippen LogP contribution < -0.4 is 10.1 Å². The molecule has 0 amide bonds. The fourth-order valence-corrected chi connectivity index (χ4v) is 1.69. The molecule has 1 N–H and O–H groups in total. The first-order chi connectivity index (χ1) is 9.17. The van der Waals surface area contributed by atoms with Crippen molar-refractivity contribution in [2.75, 3.05) is 32.7 Å². The maximum Gasteiger partial charge on any atom is 0.275 e. The molecule has 0 heterocycles. The van der Waals surface area contributed by atoms with Gasteiger partial charge in [0, 0.05) is 38.1 Å². The number of hydrogen-bond acceptors (Lipinski definition) is 5. The first-order valence-corrected chi connectivity index (χ1v) is 6.23. The summed E-state index contributed by atoms with van der Waals surface area (Å²) in [5.74, 6) is 0.482. The van der Waals surface area contributed by atoms with Crippen LogP contribution in [0, 0.1) is 10.1 Å². The molecule has 19 heavy (non-hydrogen) atoms. The number of unbranched alkanes of at least 4 members (excludes halogenated alkanes) is 2. The summed E-state index contributed by atoms with van der Waals surface area (Å²) in [5, 5.41) is 13.9. The van der Waals surface area contributed by atoms with E-state index in [0.717, 1.165) is 32.4 Å². The van der Waals surface area contributed by atoms with E-state index in [1.807, 2.05) is 0 Å². The number of nitro groups is 1. The molecular weight excluding hydrogens is 248 g/mol. The molecule has 6 nitrogen and oxygen atoms in total. The van der Waals surface area contributed by atoms with Gasteiger partial charge in [-0.25, -0.2) is 0 Å². The Hall–Kier alpha value is -1.82. The number of non-ortho nitro benzene ring substituents is 1. The molecule has 0 fully saturated rings. The summed E-state index contributed by atoms with van der Waals surface area (Å²) in [6.45, 7) is 1.54. The largest absolute Gasteiger partial charge is 0.496 e. The summed E-state index contributed by atoms with van der Waals surface area (Å²) < 4.78 is 10.0. The van der Waals surface area contributed by atoms with Crippen molar-refractivity contribution in [2.45, 2.75) is 19.3 Å². The van der Waals surface area contributed by atoms with E-state index in [-0.39, 0.29) is 5.69 Å². The molecule has 0 aliphatic heterocycles. The lowest BCUT2D eigenvalue weighted by atomic mass is 10.2. The van der Waals surface area contributed by atoms with Crippen LogP contribution in [0.5, 0.6) is 5.75 Å². The van der Waals surface area contributed by atoms with E-state index in [4.69, 9.17) is 9.47 Å². The zero-order chi connectivity index (χ0) is 14.1. The molecule has 0 unspecified atom stereocenters. The minimum absolute atomic E-state index is 0.0289. The van der Waals surface area contributed by atoms with Gasteiger partial charge in [0.2, 0.25) is 0 Å². The van der Waals surface area contributed by atoms with Gasteiger partial charge in [0.25, 0.3) is 5.69 Å². The number of hydrogen-bond donors (Lipinski definition) is 1. The number of nitro benzene ring substituents is 1. The predicted molar refractivity (Wildman–Crippen MR) is 73.9 cm³/mol. The van der Waals surface area contributed by atoms with Crippen molar-refractivity contribution in [2.24, 2.45) is 0 Å². The first kappa shape index (κ1) is 15.2. The molecule has 0 saturated heterocycles. The van der Waals surface area contributed by atoms with Gasteiger partial charge >= 0.3 is 0 Å². The maximum atomic E-state index is 10.8. The minimum Gasteiger partial charge on any atom is -0.496 e. The average Bonchev–Trinajstić information content (AvgIpc) is 2.42. The second-order valence-electron chi connectivity index (χ2n) is 4.16. The minimum atomic E-state index is -0.424. The highest BCUT2D eigenvalue weighted by Gasteiger charge is 2.09. The van der Waals surface area contributed by atoms with Crippen LogP contribution in [-0.4, -0.2) is 32.3 Å². The summed E-state index contributed by atoms with van der Waals surface area (Å²) in [4.78, 5) is 10.4. The third-order valence-corrected chi connectivity index (χ3v) is 2.69. The summed E-state index contributed by atoms with van der Waals surface area (Å²) in [6, 6.07) is 4.67. The number of ether oxygens (including phenoxy) is 2. The van der Waals surface area contributed by atoms with E-state index >= 15 is 0 Å². The maximum absolute atomic E-state index is 10.8. The monoisotopic (exact) mass is 268 g/mol. The number of nitrogens with zero attached hydrogens (tertiary/aromatic N) is 1. The zero-order valence-corrected chi connectivity index (χ0v) is 11.3. The van der Waals surface area contributed by atoms with Crippen molar-refractivity contribution < 1.29 is 14.4 Å². The van der Waals surface area contributed by atoms with Crippen LogP contribution in [0.4, 0.5) is 11.4 Å². The van der Waals surface area contributed by atoms with Crippen LogP contribution in [0.3, 0.4) is 0 Å². The number of rotatable bonds is 9. The Balaban J connectivity index is 2.48. The molecule has 1 rings (SSSR count). The molecule has 0 aliphatic rings. The summed E-state index contributed by atoms with van der Waals surface area (Å²) >= 11 is 0. The zero-order valence-electron chi connectivity index (χ0n) is 11.3. The summed E-state index contributed by atoms with van der Waals surface area (Å²) in [5.41, 5.74) is 0.735. The Kier molecular flexibility index (Phi) is 6.67. The van der Waals surface area contributed by atoms with E-state index in [1.165, 1.54) is 19.2 Å². The molecular formula is C13H20N2O4. The van der Waals surface area contributed by atoms with Crippen LogP contribution in [0.15, 0.2) is 18.2 Å². The SMILES string of the molecule is COCCCCCNc1cc(OC)cc([N+](=O)[O-])c1.